The van der Waals surface area contributed by atoms with Gasteiger partial charge in [0.25, 0.3) is 0 Å². The summed E-state index contributed by atoms with van der Waals surface area (Å²) in [4.78, 5) is 4.83. The number of para-hydroxylation sites is 2. The van der Waals surface area contributed by atoms with Crippen molar-refractivity contribution < 1.29 is 0 Å². The fraction of sp³-hybridized carbons (Fsp3) is 0.0943. The molecule has 0 radical (unpaired) electrons. The molecular weight excluding hydrogens is 665 g/mol. The lowest BCUT2D eigenvalue weighted by atomic mass is 9.82. The van der Waals surface area contributed by atoms with Crippen LogP contribution < -0.4 is 9.80 Å². The Morgan fingerprint density at radius 2 is 1.00 bits per heavy atom. The van der Waals surface area contributed by atoms with E-state index in [1.807, 2.05) is 0 Å². The van der Waals surface area contributed by atoms with E-state index in [1.54, 1.807) is 0 Å². The molecule has 264 valence electrons. The topological polar surface area (TPSA) is 6.48 Å². The van der Waals surface area contributed by atoms with Crippen LogP contribution in [0.3, 0.4) is 0 Å². The van der Waals surface area contributed by atoms with Crippen LogP contribution in [0.5, 0.6) is 0 Å². The number of benzene rings is 8. The highest BCUT2D eigenvalue weighted by molar-refractivity contribution is 5.91. The van der Waals surface area contributed by atoms with E-state index < -0.39 is 0 Å². The number of anilines is 6. The first kappa shape index (κ1) is 33.0. The minimum atomic E-state index is -0.211. The highest BCUT2D eigenvalue weighted by Crippen LogP contribution is 2.53. The monoisotopic (exact) mass is 706 g/mol. The molecule has 0 heterocycles. The molecule has 0 atom stereocenters. The van der Waals surface area contributed by atoms with Crippen molar-refractivity contribution in [2.24, 2.45) is 0 Å². The van der Waals surface area contributed by atoms with Gasteiger partial charge in [-0.25, -0.2) is 0 Å². The van der Waals surface area contributed by atoms with E-state index >= 15 is 0 Å². The third-order valence-electron chi connectivity index (χ3n) is 11.7. The van der Waals surface area contributed by atoms with Crippen LogP contribution in [-0.2, 0) is 11.8 Å². The standard InChI is InChI=1S/C53H42N2/c1-53(2)50-35-45(54(42-18-5-3-6-19-42)44-28-26-38(27-29-44)41-25-24-37-14-9-10-16-40(37)34-41)30-32-48(50)49-33-31-46(36-51(49)53)55(43-20-7-4-8-21-43)52-23-13-17-39-15-11-12-22-47(39)52/h3-10,12-14,16-36H,11,15H2,1-2H3. The second-order valence-corrected chi connectivity index (χ2v) is 15.3. The number of rotatable bonds is 7. The van der Waals surface area contributed by atoms with Crippen LogP contribution in [0.1, 0.15) is 42.5 Å². The molecule has 8 aromatic rings. The fourth-order valence-electron chi connectivity index (χ4n) is 8.84. The van der Waals surface area contributed by atoms with Crippen molar-refractivity contribution in [3.63, 3.8) is 0 Å². The number of hydrogen-bond donors (Lipinski definition) is 0. The second kappa shape index (κ2) is 13.3. The Morgan fingerprint density at radius 3 is 1.69 bits per heavy atom. The molecule has 0 bridgehead atoms. The van der Waals surface area contributed by atoms with Crippen molar-refractivity contribution in [3.8, 4) is 22.3 Å². The molecule has 0 aliphatic heterocycles. The summed E-state index contributed by atoms with van der Waals surface area (Å²) in [5, 5.41) is 2.52. The lowest BCUT2D eigenvalue weighted by molar-refractivity contribution is 0.660. The summed E-state index contributed by atoms with van der Waals surface area (Å²) in [5.41, 5.74) is 17.2. The van der Waals surface area contributed by atoms with Gasteiger partial charge in [0.15, 0.2) is 0 Å². The van der Waals surface area contributed by atoms with Crippen molar-refractivity contribution in [3.05, 3.63) is 210 Å². The SMILES string of the molecule is CC1(C)c2cc(N(c3ccccc3)c3ccc(-c4ccc5ccccc5c4)cc3)ccc2-c2ccc(N(c3ccccc3)c3cccc4c3C=CCC4)cc21. The molecule has 0 spiro atoms. The van der Waals surface area contributed by atoms with E-state index in [2.05, 4.69) is 218 Å². The Balaban J connectivity index is 1.04. The van der Waals surface area contributed by atoms with Gasteiger partial charge in [-0.15, -0.1) is 0 Å². The molecule has 0 saturated carbocycles. The van der Waals surface area contributed by atoms with Crippen LogP contribution in [-0.4, -0.2) is 0 Å². The molecule has 2 aliphatic rings. The molecular formula is C53H42N2. The normalized spacial score (nSPS) is 13.6. The number of fused-ring (bicyclic) bond motifs is 5. The van der Waals surface area contributed by atoms with Gasteiger partial charge in [-0.3, -0.25) is 0 Å². The molecule has 55 heavy (non-hydrogen) atoms. The van der Waals surface area contributed by atoms with E-state index in [4.69, 9.17) is 0 Å². The number of allylic oxidation sites excluding steroid dienone is 1. The number of nitrogens with zero attached hydrogens (tertiary/aromatic N) is 2. The zero-order valence-corrected chi connectivity index (χ0v) is 31.3. The van der Waals surface area contributed by atoms with Gasteiger partial charge in [0.05, 0.1) is 5.69 Å². The minimum absolute atomic E-state index is 0.211. The zero-order valence-electron chi connectivity index (χ0n) is 31.3. The van der Waals surface area contributed by atoms with Crippen LogP contribution >= 0.6 is 0 Å². The Morgan fingerprint density at radius 1 is 0.436 bits per heavy atom. The number of aryl methyl sites for hydroxylation is 1. The first-order valence-electron chi connectivity index (χ1n) is 19.4. The third kappa shape index (κ3) is 5.73. The molecule has 8 aromatic carbocycles. The maximum absolute atomic E-state index is 2.44. The maximum Gasteiger partial charge on any atom is 0.0536 e. The van der Waals surface area contributed by atoms with Crippen molar-refractivity contribution >= 4 is 51.0 Å². The lowest BCUT2D eigenvalue weighted by Crippen LogP contribution is -2.18. The van der Waals surface area contributed by atoms with Crippen LogP contribution in [0, 0.1) is 0 Å². The molecule has 2 nitrogen and oxygen atoms in total. The molecule has 0 unspecified atom stereocenters. The molecule has 0 N–H and O–H groups in total. The van der Waals surface area contributed by atoms with E-state index in [0.717, 1.165) is 35.6 Å². The summed E-state index contributed by atoms with van der Waals surface area (Å²) in [7, 11) is 0. The van der Waals surface area contributed by atoms with E-state index in [-0.39, 0.29) is 5.41 Å². The summed E-state index contributed by atoms with van der Waals surface area (Å²) >= 11 is 0. The van der Waals surface area contributed by atoms with Crippen molar-refractivity contribution in [1.82, 2.24) is 0 Å². The molecule has 0 amide bonds. The van der Waals surface area contributed by atoms with Gasteiger partial charge in [-0.05, 0) is 135 Å². The summed E-state index contributed by atoms with van der Waals surface area (Å²) in [6.45, 7) is 4.77. The number of hydrogen-bond acceptors (Lipinski definition) is 2. The molecule has 2 heteroatoms. The Labute approximate surface area is 324 Å². The third-order valence-corrected chi connectivity index (χ3v) is 11.7. The smallest absolute Gasteiger partial charge is 0.0536 e. The molecule has 2 aliphatic carbocycles. The van der Waals surface area contributed by atoms with E-state index in [9.17, 15) is 0 Å². The minimum Gasteiger partial charge on any atom is -0.310 e. The van der Waals surface area contributed by atoms with Crippen molar-refractivity contribution in [2.75, 3.05) is 9.80 Å². The molecule has 0 fully saturated rings. The summed E-state index contributed by atoms with van der Waals surface area (Å²) in [5.74, 6) is 0. The fourth-order valence-corrected chi connectivity index (χ4v) is 8.84. The molecule has 0 aromatic heterocycles. The van der Waals surface area contributed by atoms with Crippen LogP contribution in [0.15, 0.2) is 188 Å². The van der Waals surface area contributed by atoms with Gasteiger partial charge in [0.2, 0.25) is 0 Å². The summed E-state index contributed by atoms with van der Waals surface area (Å²) in [6, 6.07) is 66.8. The lowest BCUT2D eigenvalue weighted by Gasteiger charge is -2.30. The second-order valence-electron chi connectivity index (χ2n) is 15.3. The molecule has 0 saturated heterocycles. The van der Waals surface area contributed by atoms with Crippen LogP contribution in [0.2, 0.25) is 0 Å². The zero-order chi connectivity index (χ0) is 36.9. The average Bonchev–Trinajstić information content (AvgIpc) is 3.47. The molecule has 10 rings (SSSR count). The van der Waals surface area contributed by atoms with Gasteiger partial charge in [0.1, 0.15) is 0 Å². The quantitative estimate of drug-likeness (QED) is 0.163. The van der Waals surface area contributed by atoms with Gasteiger partial charge >= 0.3 is 0 Å². The average molecular weight is 707 g/mol. The maximum atomic E-state index is 2.44. The van der Waals surface area contributed by atoms with Crippen molar-refractivity contribution in [2.45, 2.75) is 32.1 Å². The van der Waals surface area contributed by atoms with Gasteiger partial charge in [-0.2, -0.15) is 0 Å². The summed E-state index contributed by atoms with van der Waals surface area (Å²) < 4.78 is 0. The first-order valence-corrected chi connectivity index (χ1v) is 19.4. The Hall–Kier alpha value is -6.64. The predicted molar refractivity (Wildman–Crippen MR) is 234 cm³/mol. The first-order chi connectivity index (χ1) is 27.0. The van der Waals surface area contributed by atoms with Crippen LogP contribution in [0.25, 0.3) is 39.1 Å². The predicted octanol–water partition coefficient (Wildman–Crippen LogP) is 14.7. The largest absolute Gasteiger partial charge is 0.310 e. The van der Waals surface area contributed by atoms with Gasteiger partial charge in [0, 0.05) is 39.4 Å². The van der Waals surface area contributed by atoms with Gasteiger partial charge in [-0.1, -0.05) is 135 Å². The van der Waals surface area contributed by atoms with E-state index in [1.165, 1.54) is 66.7 Å². The highest BCUT2D eigenvalue weighted by Gasteiger charge is 2.37. The van der Waals surface area contributed by atoms with E-state index in [0.29, 0.717) is 0 Å². The van der Waals surface area contributed by atoms with Crippen molar-refractivity contribution in [1.29, 1.82) is 0 Å². The highest BCUT2D eigenvalue weighted by atomic mass is 15.1. The Bertz CT molecular complexity index is 2720. The summed E-state index contributed by atoms with van der Waals surface area (Å²) in [6.07, 6.45) is 6.79. The Kier molecular flexibility index (Phi) is 7.99. The van der Waals surface area contributed by atoms with Gasteiger partial charge < -0.3 is 9.80 Å². The van der Waals surface area contributed by atoms with Crippen LogP contribution in [0.4, 0.5) is 34.1 Å².